The van der Waals surface area contributed by atoms with Crippen LogP contribution < -0.4 is 10.6 Å². The minimum atomic E-state index is -1.26. The molecule has 6 heteroatoms. The lowest BCUT2D eigenvalue weighted by molar-refractivity contribution is -0.117. The van der Waals surface area contributed by atoms with Gasteiger partial charge in [0.05, 0.1) is 11.3 Å². The Balaban J connectivity index is 2.05. The van der Waals surface area contributed by atoms with Crippen molar-refractivity contribution in [3.05, 3.63) is 29.6 Å². The quantitative estimate of drug-likeness (QED) is 0.786. The van der Waals surface area contributed by atoms with Gasteiger partial charge in [-0.05, 0) is 44.0 Å². The molecule has 0 spiro atoms. The monoisotopic (exact) mass is 280 g/mol. The largest absolute Gasteiger partial charge is 0.478 e. The second kappa shape index (κ2) is 6.47. The van der Waals surface area contributed by atoms with E-state index < -0.39 is 11.8 Å². The van der Waals surface area contributed by atoms with Gasteiger partial charge in [0, 0.05) is 6.42 Å². The molecule has 0 unspecified atom stereocenters. The van der Waals surface area contributed by atoms with E-state index in [1.807, 2.05) is 0 Å². The number of aromatic carboxylic acids is 1. The first kappa shape index (κ1) is 14.5. The second-order valence-electron chi connectivity index (χ2n) is 4.91. The average molecular weight is 280 g/mol. The van der Waals surface area contributed by atoms with E-state index >= 15 is 0 Å². The first-order chi connectivity index (χ1) is 9.58. The van der Waals surface area contributed by atoms with Gasteiger partial charge in [-0.1, -0.05) is 6.07 Å². The number of nitrogens with one attached hydrogen (secondary N) is 2. The molecule has 0 radical (unpaired) electrons. The number of carbonyl (C=O) groups is 2. The van der Waals surface area contributed by atoms with E-state index in [1.54, 1.807) is 0 Å². The van der Waals surface area contributed by atoms with Crippen molar-refractivity contribution in [1.82, 2.24) is 5.32 Å². The fourth-order valence-corrected chi connectivity index (χ4v) is 2.37. The third kappa shape index (κ3) is 3.54. The lowest BCUT2D eigenvalue weighted by Crippen LogP contribution is -2.30. The number of halogens is 1. The SMILES string of the molecule is O=C(CC1CCNCC1)Nc1c(F)cccc1C(=O)O. The molecule has 0 bridgehead atoms. The number of rotatable bonds is 4. The van der Waals surface area contributed by atoms with E-state index in [-0.39, 0.29) is 29.5 Å². The van der Waals surface area contributed by atoms with E-state index in [0.29, 0.717) is 0 Å². The van der Waals surface area contributed by atoms with E-state index in [1.165, 1.54) is 12.1 Å². The van der Waals surface area contributed by atoms with Crippen LogP contribution in [0, 0.1) is 11.7 Å². The maximum absolute atomic E-state index is 13.7. The molecular formula is C14H17FN2O3. The molecule has 3 N–H and O–H groups in total. The smallest absolute Gasteiger partial charge is 0.337 e. The van der Waals surface area contributed by atoms with Crippen molar-refractivity contribution in [2.24, 2.45) is 5.92 Å². The highest BCUT2D eigenvalue weighted by molar-refractivity contribution is 6.00. The predicted molar refractivity (Wildman–Crippen MR) is 72.2 cm³/mol. The Kier molecular flexibility index (Phi) is 4.68. The molecule has 1 aromatic carbocycles. The molecule has 1 saturated heterocycles. The van der Waals surface area contributed by atoms with Gasteiger partial charge in [0.25, 0.3) is 0 Å². The van der Waals surface area contributed by atoms with Gasteiger partial charge < -0.3 is 15.7 Å². The summed E-state index contributed by atoms with van der Waals surface area (Å²) in [6.07, 6.45) is 2.09. The molecule has 1 fully saturated rings. The minimum Gasteiger partial charge on any atom is -0.478 e. The predicted octanol–water partition coefficient (Wildman–Crippen LogP) is 1.85. The molecule has 1 aliphatic heterocycles. The van der Waals surface area contributed by atoms with Crippen LogP contribution in [-0.4, -0.2) is 30.1 Å². The Labute approximate surface area is 116 Å². The third-order valence-corrected chi connectivity index (χ3v) is 3.44. The van der Waals surface area contributed by atoms with Crippen molar-refractivity contribution >= 4 is 17.6 Å². The van der Waals surface area contributed by atoms with Crippen molar-refractivity contribution in [2.75, 3.05) is 18.4 Å². The van der Waals surface area contributed by atoms with Gasteiger partial charge in [0.2, 0.25) is 5.91 Å². The highest BCUT2D eigenvalue weighted by atomic mass is 19.1. The fraction of sp³-hybridized carbons (Fsp3) is 0.429. The number of amides is 1. The summed E-state index contributed by atoms with van der Waals surface area (Å²) in [6, 6.07) is 3.71. The number of hydrogen-bond donors (Lipinski definition) is 3. The first-order valence-corrected chi connectivity index (χ1v) is 6.60. The molecule has 108 valence electrons. The Bertz CT molecular complexity index is 513. The molecule has 20 heavy (non-hydrogen) atoms. The lowest BCUT2D eigenvalue weighted by atomic mass is 9.94. The number of benzene rings is 1. The summed E-state index contributed by atoms with van der Waals surface area (Å²) in [4.78, 5) is 22.9. The van der Waals surface area contributed by atoms with Crippen LogP contribution in [0.4, 0.5) is 10.1 Å². The molecule has 1 aromatic rings. The van der Waals surface area contributed by atoms with Crippen LogP contribution in [0.1, 0.15) is 29.6 Å². The van der Waals surface area contributed by atoms with Crippen molar-refractivity contribution < 1.29 is 19.1 Å². The molecule has 1 heterocycles. The number of hydrogen-bond acceptors (Lipinski definition) is 3. The van der Waals surface area contributed by atoms with Crippen LogP contribution in [0.2, 0.25) is 0 Å². The number of carboxylic acids is 1. The van der Waals surface area contributed by atoms with E-state index in [0.717, 1.165) is 32.0 Å². The van der Waals surface area contributed by atoms with Crippen molar-refractivity contribution in [3.8, 4) is 0 Å². The molecule has 2 rings (SSSR count). The molecule has 1 amide bonds. The number of carboxylic acid groups (broad SMARTS) is 1. The van der Waals surface area contributed by atoms with Gasteiger partial charge in [-0.15, -0.1) is 0 Å². The second-order valence-corrected chi connectivity index (χ2v) is 4.91. The van der Waals surface area contributed by atoms with Crippen molar-refractivity contribution in [2.45, 2.75) is 19.3 Å². The number of para-hydroxylation sites is 1. The van der Waals surface area contributed by atoms with Crippen LogP contribution in [0.25, 0.3) is 0 Å². The molecule has 0 aromatic heterocycles. The zero-order valence-corrected chi connectivity index (χ0v) is 11.0. The first-order valence-electron chi connectivity index (χ1n) is 6.60. The Morgan fingerprint density at radius 1 is 1.35 bits per heavy atom. The minimum absolute atomic E-state index is 0.233. The Hall–Kier alpha value is -1.95. The molecule has 0 atom stereocenters. The van der Waals surface area contributed by atoms with Crippen LogP contribution >= 0.6 is 0 Å². The van der Waals surface area contributed by atoms with Gasteiger partial charge in [0.1, 0.15) is 5.82 Å². The Morgan fingerprint density at radius 2 is 2.05 bits per heavy atom. The van der Waals surface area contributed by atoms with Gasteiger partial charge >= 0.3 is 5.97 Å². The normalized spacial score (nSPS) is 15.8. The summed E-state index contributed by atoms with van der Waals surface area (Å²) in [5.41, 5.74) is -0.484. The number of piperidine rings is 1. The average Bonchev–Trinajstić information content (AvgIpc) is 2.42. The van der Waals surface area contributed by atoms with E-state index in [4.69, 9.17) is 5.11 Å². The van der Waals surface area contributed by atoms with Gasteiger partial charge in [-0.25, -0.2) is 9.18 Å². The van der Waals surface area contributed by atoms with E-state index in [9.17, 15) is 14.0 Å². The highest BCUT2D eigenvalue weighted by Crippen LogP contribution is 2.22. The van der Waals surface area contributed by atoms with Crippen molar-refractivity contribution in [1.29, 1.82) is 0 Å². The summed E-state index contributed by atoms with van der Waals surface area (Å²) < 4.78 is 13.7. The summed E-state index contributed by atoms with van der Waals surface area (Å²) in [6.45, 7) is 1.75. The maximum Gasteiger partial charge on any atom is 0.337 e. The van der Waals surface area contributed by atoms with Crippen LogP contribution in [0.5, 0.6) is 0 Å². The van der Waals surface area contributed by atoms with Crippen LogP contribution in [-0.2, 0) is 4.79 Å². The molecule has 0 saturated carbocycles. The van der Waals surface area contributed by atoms with Crippen LogP contribution in [0.15, 0.2) is 18.2 Å². The van der Waals surface area contributed by atoms with Gasteiger partial charge in [-0.3, -0.25) is 4.79 Å². The maximum atomic E-state index is 13.7. The molecule has 5 nitrogen and oxygen atoms in total. The summed E-state index contributed by atoms with van der Waals surface area (Å²) in [5, 5.41) is 14.6. The summed E-state index contributed by atoms with van der Waals surface area (Å²) in [7, 11) is 0. The van der Waals surface area contributed by atoms with Gasteiger partial charge in [-0.2, -0.15) is 0 Å². The summed E-state index contributed by atoms with van der Waals surface area (Å²) in [5.74, 6) is -2.08. The summed E-state index contributed by atoms with van der Waals surface area (Å²) >= 11 is 0. The van der Waals surface area contributed by atoms with Crippen LogP contribution in [0.3, 0.4) is 0 Å². The lowest BCUT2D eigenvalue weighted by Gasteiger charge is -2.22. The highest BCUT2D eigenvalue weighted by Gasteiger charge is 2.20. The van der Waals surface area contributed by atoms with Crippen molar-refractivity contribution in [3.63, 3.8) is 0 Å². The zero-order valence-electron chi connectivity index (χ0n) is 11.0. The standard InChI is InChI=1S/C14H17FN2O3/c15-11-3-1-2-10(14(19)20)13(11)17-12(18)8-9-4-6-16-7-5-9/h1-3,9,16H,4-8H2,(H,17,18)(H,19,20). The number of anilines is 1. The molecular weight excluding hydrogens is 263 g/mol. The molecule has 0 aliphatic carbocycles. The topological polar surface area (TPSA) is 78.4 Å². The zero-order chi connectivity index (χ0) is 14.5. The third-order valence-electron chi connectivity index (χ3n) is 3.44. The molecule has 1 aliphatic rings. The number of carbonyl (C=O) groups excluding carboxylic acids is 1. The van der Waals surface area contributed by atoms with E-state index in [2.05, 4.69) is 10.6 Å². The fourth-order valence-electron chi connectivity index (χ4n) is 2.37. The van der Waals surface area contributed by atoms with Gasteiger partial charge in [0.15, 0.2) is 0 Å². The Morgan fingerprint density at radius 3 is 2.70 bits per heavy atom.